The van der Waals surface area contributed by atoms with Crippen LogP contribution >= 0.6 is 0 Å². The fraction of sp³-hybridized carbons (Fsp3) is 0.167. The third kappa shape index (κ3) is 4.43. The van der Waals surface area contributed by atoms with E-state index in [0.717, 1.165) is 28.5 Å². The second-order valence-electron chi connectivity index (χ2n) is 7.92. The topological polar surface area (TPSA) is 117 Å². The van der Waals surface area contributed by atoms with Gasteiger partial charge in [0.1, 0.15) is 11.4 Å². The molecule has 10 nitrogen and oxygen atoms in total. The van der Waals surface area contributed by atoms with Crippen molar-refractivity contribution in [3.8, 4) is 16.9 Å². The van der Waals surface area contributed by atoms with E-state index in [-0.39, 0.29) is 11.3 Å². The maximum Gasteiger partial charge on any atom is 0.333 e. The van der Waals surface area contributed by atoms with Crippen LogP contribution in [0.25, 0.3) is 16.9 Å². The average molecular weight is 473 g/mol. The summed E-state index contributed by atoms with van der Waals surface area (Å²) in [7, 11) is 0. The van der Waals surface area contributed by atoms with Crippen molar-refractivity contribution >= 4 is 11.7 Å². The van der Waals surface area contributed by atoms with E-state index in [0.29, 0.717) is 37.7 Å². The van der Waals surface area contributed by atoms with Gasteiger partial charge in [-0.05, 0) is 48.5 Å². The number of piperazine rings is 1. The van der Waals surface area contributed by atoms with E-state index in [2.05, 4.69) is 20.2 Å². The molecule has 5 rings (SSSR count). The van der Waals surface area contributed by atoms with Gasteiger partial charge in [-0.2, -0.15) is 0 Å². The highest BCUT2D eigenvalue weighted by atomic mass is 19.1. The Morgan fingerprint density at radius 3 is 2.37 bits per heavy atom. The Kier molecular flexibility index (Phi) is 5.88. The SMILES string of the molecule is O=C(c1c[nH]c(=O)n(-c2ccc(F)cc2)c1=O)N1CCN(c2ccc(-c3cccnc3)nn2)CC1. The third-order valence-electron chi connectivity index (χ3n) is 5.79. The van der Waals surface area contributed by atoms with Crippen molar-refractivity contribution in [3.63, 3.8) is 0 Å². The number of aromatic amines is 1. The number of H-pyrrole nitrogens is 1. The maximum atomic E-state index is 13.3. The lowest BCUT2D eigenvalue weighted by Crippen LogP contribution is -2.50. The summed E-state index contributed by atoms with van der Waals surface area (Å²) in [5.41, 5.74) is 0.120. The van der Waals surface area contributed by atoms with Crippen LogP contribution in [0, 0.1) is 5.82 Å². The van der Waals surface area contributed by atoms with Gasteiger partial charge in [0.15, 0.2) is 5.82 Å². The van der Waals surface area contributed by atoms with Crippen LogP contribution in [-0.4, -0.2) is 61.7 Å². The van der Waals surface area contributed by atoms with Gasteiger partial charge in [0.2, 0.25) is 0 Å². The number of hydrogen-bond donors (Lipinski definition) is 1. The average Bonchev–Trinajstić information content (AvgIpc) is 2.90. The highest BCUT2D eigenvalue weighted by Gasteiger charge is 2.26. The number of pyridine rings is 1. The minimum absolute atomic E-state index is 0.164. The number of aromatic nitrogens is 5. The number of nitrogens with zero attached hydrogens (tertiary/aromatic N) is 6. The lowest BCUT2D eigenvalue weighted by Gasteiger charge is -2.35. The van der Waals surface area contributed by atoms with Gasteiger partial charge in [-0.15, -0.1) is 10.2 Å². The van der Waals surface area contributed by atoms with Crippen LogP contribution in [0.5, 0.6) is 0 Å². The Morgan fingerprint density at radius 2 is 1.71 bits per heavy atom. The Morgan fingerprint density at radius 1 is 0.943 bits per heavy atom. The molecule has 1 aliphatic rings. The second-order valence-corrected chi connectivity index (χ2v) is 7.92. The molecule has 1 aromatic carbocycles. The molecule has 0 spiro atoms. The molecular formula is C24H20FN7O3. The first kappa shape index (κ1) is 22.1. The van der Waals surface area contributed by atoms with E-state index in [1.165, 1.54) is 12.1 Å². The number of hydrogen-bond acceptors (Lipinski definition) is 7. The van der Waals surface area contributed by atoms with Crippen molar-refractivity contribution in [1.82, 2.24) is 29.6 Å². The normalized spacial score (nSPS) is 13.6. The third-order valence-corrected chi connectivity index (χ3v) is 5.79. The number of carbonyl (C=O) groups excluding carboxylic acids is 1. The van der Waals surface area contributed by atoms with Gasteiger partial charge in [-0.1, -0.05) is 0 Å². The highest BCUT2D eigenvalue weighted by molar-refractivity contribution is 5.93. The van der Waals surface area contributed by atoms with Gasteiger partial charge in [-0.3, -0.25) is 14.6 Å². The summed E-state index contributed by atoms with van der Waals surface area (Å²) >= 11 is 0. The van der Waals surface area contributed by atoms with Crippen LogP contribution in [0.3, 0.4) is 0 Å². The summed E-state index contributed by atoms with van der Waals surface area (Å²) in [6.07, 6.45) is 4.54. The van der Waals surface area contributed by atoms with Gasteiger partial charge >= 0.3 is 5.69 Å². The molecule has 1 amide bonds. The second kappa shape index (κ2) is 9.29. The highest BCUT2D eigenvalue weighted by Crippen LogP contribution is 2.19. The number of nitrogens with one attached hydrogen (secondary N) is 1. The van der Waals surface area contributed by atoms with Crippen LogP contribution in [0.4, 0.5) is 10.2 Å². The molecular weight excluding hydrogens is 453 g/mol. The van der Waals surface area contributed by atoms with Crippen LogP contribution < -0.4 is 16.1 Å². The molecule has 0 radical (unpaired) electrons. The van der Waals surface area contributed by atoms with Crippen LogP contribution in [0.2, 0.25) is 0 Å². The number of rotatable bonds is 4. The smallest absolute Gasteiger partial charge is 0.333 e. The molecule has 1 N–H and O–H groups in total. The first-order valence-corrected chi connectivity index (χ1v) is 10.9. The number of benzene rings is 1. The molecule has 0 saturated carbocycles. The fourth-order valence-electron chi connectivity index (χ4n) is 3.92. The molecule has 35 heavy (non-hydrogen) atoms. The Hall–Kier alpha value is -4.67. The van der Waals surface area contributed by atoms with E-state index in [9.17, 15) is 18.8 Å². The quantitative estimate of drug-likeness (QED) is 0.477. The molecule has 0 atom stereocenters. The zero-order valence-electron chi connectivity index (χ0n) is 18.5. The molecule has 0 bridgehead atoms. The van der Waals surface area contributed by atoms with E-state index >= 15 is 0 Å². The summed E-state index contributed by atoms with van der Waals surface area (Å²) in [5, 5.41) is 8.58. The molecule has 1 saturated heterocycles. The maximum absolute atomic E-state index is 13.3. The van der Waals surface area contributed by atoms with Crippen molar-refractivity contribution in [3.05, 3.63) is 99.3 Å². The molecule has 0 unspecified atom stereocenters. The largest absolute Gasteiger partial charge is 0.352 e. The number of anilines is 1. The first-order valence-electron chi connectivity index (χ1n) is 10.9. The zero-order valence-corrected chi connectivity index (χ0v) is 18.5. The lowest BCUT2D eigenvalue weighted by atomic mass is 10.2. The van der Waals surface area contributed by atoms with Gasteiger partial charge in [0.25, 0.3) is 11.5 Å². The predicted molar refractivity (Wildman–Crippen MR) is 126 cm³/mol. The lowest BCUT2D eigenvalue weighted by molar-refractivity contribution is 0.0743. The minimum atomic E-state index is -0.760. The number of halogens is 1. The van der Waals surface area contributed by atoms with Crippen LogP contribution in [0.1, 0.15) is 10.4 Å². The molecule has 4 aromatic rings. The molecule has 1 aliphatic heterocycles. The minimum Gasteiger partial charge on any atom is -0.352 e. The van der Waals surface area contributed by atoms with E-state index < -0.39 is 23.0 Å². The summed E-state index contributed by atoms with van der Waals surface area (Å²) in [6.45, 7) is 1.73. The number of carbonyl (C=O) groups is 1. The molecule has 176 valence electrons. The van der Waals surface area contributed by atoms with Crippen molar-refractivity contribution < 1.29 is 9.18 Å². The van der Waals surface area contributed by atoms with Gasteiger partial charge in [-0.25, -0.2) is 13.8 Å². The molecule has 3 aromatic heterocycles. The van der Waals surface area contributed by atoms with Crippen molar-refractivity contribution in [2.24, 2.45) is 0 Å². The molecule has 1 fully saturated rings. The van der Waals surface area contributed by atoms with Gasteiger partial charge < -0.3 is 14.8 Å². The van der Waals surface area contributed by atoms with Gasteiger partial charge in [0.05, 0.1) is 11.4 Å². The van der Waals surface area contributed by atoms with Gasteiger partial charge in [0, 0.05) is 50.3 Å². The van der Waals surface area contributed by atoms with E-state index in [1.807, 2.05) is 29.2 Å². The molecule has 11 heteroatoms. The molecule has 0 aliphatic carbocycles. The summed E-state index contributed by atoms with van der Waals surface area (Å²) in [5.74, 6) is -0.299. The first-order chi connectivity index (χ1) is 17.0. The summed E-state index contributed by atoms with van der Waals surface area (Å²) < 4.78 is 14.1. The fourth-order valence-corrected chi connectivity index (χ4v) is 3.92. The van der Waals surface area contributed by atoms with E-state index in [1.54, 1.807) is 17.3 Å². The molecule has 4 heterocycles. The van der Waals surface area contributed by atoms with Crippen LogP contribution in [0.15, 0.2) is 76.7 Å². The predicted octanol–water partition coefficient (Wildman–Crippen LogP) is 1.48. The zero-order chi connectivity index (χ0) is 24.4. The van der Waals surface area contributed by atoms with Crippen molar-refractivity contribution in [2.75, 3.05) is 31.1 Å². The number of amides is 1. The van der Waals surface area contributed by atoms with Crippen molar-refractivity contribution in [1.29, 1.82) is 0 Å². The van der Waals surface area contributed by atoms with Crippen LogP contribution in [-0.2, 0) is 0 Å². The standard InChI is InChI=1S/C24H20FN7O3/c25-17-3-5-18(6-4-17)32-23(34)19(15-27-24(32)35)22(33)31-12-10-30(11-13-31)21-8-7-20(28-29-21)16-2-1-9-26-14-16/h1-9,14-15H,10-13H2,(H,27,35). The summed E-state index contributed by atoms with van der Waals surface area (Å²) in [4.78, 5) is 48.4. The Bertz CT molecular complexity index is 1460. The van der Waals surface area contributed by atoms with Crippen molar-refractivity contribution in [2.45, 2.75) is 0 Å². The monoisotopic (exact) mass is 473 g/mol. The summed E-state index contributed by atoms with van der Waals surface area (Å²) in [6, 6.07) is 12.4. The Labute approximate surface area is 198 Å². The van der Waals surface area contributed by atoms with E-state index in [4.69, 9.17) is 0 Å². The Balaban J connectivity index is 1.30.